The fourth-order valence-corrected chi connectivity index (χ4v) is 13.6. The highest BCUT2D eigenvalue weighted by Crippen LogP contribution is 2.36. The average Bonchev–Trinajstić information content (AvgIpc) is 3.08. The van der Waals surface area contributed by atoms with Crippen molar-refractivity contribution in [3.8, 4) is 11.5 Å². The van der Waals surface area contributed by atoms with Gasteiger partial charge < -0.3 is 28.4 Å². The minimum absolute atomic E-state index is 0.204. The van der Waals surface area contributed by atoms with Gasteiger partial charge in [-0.3, -0.25) is 14.2 Å². The maximum Gasteiger partial charge on any atom is 0.325 e. The van der Waals surface area contributed by atoms with E-state index in [-0.39, 0.29) is 32.0 Å². The number of hydrogen-bond donors (Lipinski definition) is 1. The van der Waals surface area contributed by atoms with E-state index in [9.17, 15) is 19.0 Å². The number of esters is 2. The van der Waals surface area contributed by atoms with E-state index in [2.05, 4.69) is 160 Å². The highest BCUT2D eigenvalue weighted by molar-refractivity contribution is 14.1. The van der Waals surface area contributed by atoms with Gasteiger partial charge in [-0.25, -0.2) is 0 Å². The van der Waals surface area contributed by atoms with Crippen LogP contribution in [0.3, 0.4) is 0 Å². The van der Waals surface area contributed by atoms with E-state index in [1.54, 1.807) is 0 Å². The molecule has 0 radical (unpaired) electrons. The first-order chi connectivity index (χ1) is 25.7. The van der Waals surface area contributed by atoms with Gasteiger partial charge in [0.15, 0.2) is 6.10 Å². The van der Waals surface area contributed by atoms with Crippen molar-refractivity contribution in [3.05, 3.63) is 45.7 Å². The molecule has 0 fully saturated rings. The molecule has 0 spiro atoms. The molecule has 0 saturated carbocycles. The second kappa shape index (κ2) is 30.5. The number of carbonyl (C=O) groups is 2. The molecular weight excluding hydrogens is 1390 g/mol. The molecule has 9 nitrogen and oxygen atoms in total. The monoisotopic (exact) mass is 1450 g/mol. The van der Waals surface area contributed by atoms with Gasteiger partial charge in [0.2, 0.25) is 0 Å². The summed E-state index contributed by atoms with van der Waals surface area (Å²) in [7, 11) is -3.78. The third-order valence-corrected chi connectivity index (χ3v) is 13.3. The Bertz CT molecular complexity index is 1410. The highest BCUT2D eigenvalue weighted by Gasteiger charge is 2.21. The van der Waals surface area contributed by atoms with Crippen molar-refractivity contribution in [3.63, 3.8) is 0 Å². The van der Waals surface area contributed by atoms with Gasteiger partial charge in [-0.2, -0.15) is 0 Å². The molecule has 0 saturated heterocycles. The first-order valence-corrected chi connectivity index (χ1v) is 27.1. The first-order valence-electron chi connectivity index (χ1n) is 18.6. The summed E-state index contributed by atoms with van der Waals surface area (Å²) in [6.07, 6.45) is 16.2. The van der Waals surface area contributed by atoms with Gasteiger partial charge in [0.1, 0.15) is 18.1 Å². The minimum Gasteiger partial charge on any atom is -0.491 e. The largest absolute Gasteiger partial charge is 0.491 e. The normalized spacial score (nSPS) is 13.0. The molecule has 0 heterocycles. The topological polar surface area (TPSA) is 118 Å². The SMILES string of the molecule is CP(=O)(O)OC[C@@H](COC(=O)CCCCCCCCCCOc1c(I)cc(I)cc1I)OC(=O)CCCCCCCCCCOc1c(I)cc(I)cc1I. The zero-order valence-corrected chi connectivity index (χ0v) is 44.7. The van der Waals surface area contributed by atoms with Crippen molar-refractivity contribution in [1.29, 1.82) is 0 Å². The lowest BCUT2D eigenvalue weighted by Gasteiger charge is -2.19. The van der Waals surface area contributed by atoms with E-state index in [1.165, 1.54) is 13.6 Å². The van der Waals surface area contributed by atoms with Gasteiger partial charge >= 0.3 is 19.5 Å². The van der Waals surface area contributed by atoms with Gasteiger partial charge in [-0.05, 0) is 185 Å². The average molecular weight is 1450 g/mol. The Balaban J connectivity index is 1.49. The van der Waals surface area contributed by atoms with Crippen LogP contribution < -0.4 is 9.47 Å². The molecule has 0 amide bonds. The van der Waals surface area contributed by atoms with Crippen molar-refractivity contribution in [1.82, 2.24) is 0 Å². The summed E-state index contributed by atoms with van der Waals surface area (Å²) in [4.78, 5) is 34.4. The van der Waals surface area contributed by atoms with Crippen LogP contribution >= 0.6 is 143 Å². The lowest BCUT2D eigenvalue weighted by atomic mass is 10.1. The van der Waals surface area contributed by atoms with Crippen LogP contribution in [0.4, 0.5) is 0 Å². The van der Waals surface area contributed by atoms with Crippen LogP contribution in [-0.4, -0.2) is 56.0 Å². The number of carbonyl (C=O) groups excluding carboxylic acids is 2. The Morgan fingerprint density at radius 1 is 0.574 bits per heavy atom. The van der Waals surface area contributed by atoms with Crippen LogP contribution in [-0.2, 0) is 28.2 Å². The summed E-state index contributed by atoms with van der Waals surface area (Å²) in [5.74, 6) is 1.16. The van der Waals surface area contributed by atoms with Crippen LogP contribution in [0.2, 0.25) is 0 Å². The van der Waals surface area contributed by atoms with E-state index in [0.717, 1.165) is 136 Å². The Hall–Kier alpha value is 1.51. The predicted molar refractivity (Wildman–Crippen MR) is 266 cm³/mol. The predicted octanol–water partition coefficient (Wildman–Crippen LogP) is 13.1. The van der Waals surface area contributed by atoms with Crippen LogP contribution in [0, 0.1) is 21.4 Å². The molecule has 2 aromatic carbocycles. The quantitative estimate of drug-likeness (QED) is 0.0353. The second-order valence-corrected chi connectivity index (χ2v) is 22.1. The molecule has 2 aromatic rings. The Morgan fingerprint density at radius 3 is 1.31 bits per heavy atom. The summed E-state index contributed by atoms with van der Waals surface area (Å²) in [6, 6.07) is 8.52. The zero-order valence-electron chi connectivity index (χ0n) is 30.9. The molecule has 306 valence electrons. The molecule has 0 bridgehead atoms. The molecule has 2 rings (SSSR count). The van der Waals surface area contributed by atoms with Crippen LogP contribution in [0.15, 0.2) is 24.3 Å². The number of halogens is 6. The maximum atomic E-state index is 12.5. The van der Waals surface area contributed by atoms with Crippen molar-refractivity contribution < 1.29 is 42.5 Å². The van der Waals surface area contributed by atoms with Crippen molar-refractivity contribution in [2.45, 2.75) is 122 Å². The number of hydrogen-bond acceptors (Lipinski definition) is 8. The molecule has 1 N–H and O–H groups in total. The summed E-state index contributed by atoms with van der Waals surface area (Å²) in [5, 5.41) is 0. The fraction of sp³-hybridized carbons (Fsp3) is 0.632. The zero-order chi connectivity index (χ0) is 39.8. The van der Waals surface area contributed by atoms with Gasteiger partial charge in [-0.1, -0.05) is 77.0 Å². The van der Waals surface area contributed by atoms with E-state index < -0.39 is 19.7 Å². The van der Waals surface area contributed by atoms with Gasteiger partial charge in [-0.15, -0.1) is 0 Å². The Kier molecular flexibility index (Phi) is 29.2. The third kappa shape index (κ3) is 25.2. The van der Waals surface area contributed by atoms with E-state index >= 15 is 0 Å². The minimum atomic E-state index is -3.78. The third-order valence-electron chi connectivity index (χ3n) is 8.20. The van der Waals surface area contributed by atoms with Crippen LogP contribution in [0.1, 0.15) is 116 Å². The van der Waals surface area contributed by atoms with E-state index in [4.69, 9.17) is 23.5 Å². The molecular formula is C38H53I6O9P. The molecule has 54 heavy (non-hydrogen) atoms. The summed E-state index contributed by atoms with van der Waals surface area (Å²) < 4.78 is 46.6. The van der Waals surface area contributed by atoms with Crippen molar-refractivity contribution in [2.75, 3.05) is 33.1 Å². The number of benzene rings is 2. The maximum absolute atomic E-state index is 12.5. The number of rotatable bonds is 30. The number of unbranched alkanes of at least 4 members (excludes halogenated alkanes) is 14. The standard InChI is InChI=1S/C38H53I6O9P/c1-54(47,48)52-27-30(53-36(46)19-15-11-7-3-5-9-13-17-21-50-38-33(43)24-29(40)25-34(38)44)26-51-35(45)18-14-10-6-2-4-8-12-16-20-49-37-31(41)22-28(39)23-32(37)42/h22-25,30H,2-21,26-27H2,1H3,(H,47,48)/t30-/m1/s1. The van der Waals surface area contributed by atoms with E-state index in [0.29, 0.717) is 6.42 Å². The lowest BCUT2D eigenvalue weighted by molar-refractivity contribution is -0.161. The molecule has 16 heteroatoms. The lowest BCUT2D eigenvalue weighted by Crippen LogP contribution is -2.29. The van der Waals surface area contributed by atoms with Crippen molar-refractivity contribution >= 4 is 155 Å². The second-order valence-electron chi connectivity index (χ2n) is 13.1. The van der Waals surface area contributed by atoms with Gasteiger partial charge in [0.25, 0.3) is 0 Å². The fourth-order valence-electron chi connectivity index (χ4n) is 5.39. The molecule has 0 aliphatic carbocycles. The van der Waals surface area contributed by atoms with Gasteiger partial charge in [0, 0.05) is 26.6 Å². The molecule has 0 aliphatic rings. The molecule has 2 atom stereocenters. The smallest absolute Gasteiger partial charge is 0.325 e. The summed E-state index contributed by atoms with van der Waals surface area (Å²) in [5.41, 5.74) is 0. The van der Waals surface area contributed by atoms with Crippen LogP contribution in [0.5, 0.6) is 11.5 Å². The van der Waals surface area contributed by atoms with E-state index in [1.807, 2.05) is 0 Å². The Morgan fingerprint density at radius 2 is 0.926 bits per heavy atom. The summed E-state index contributed by atoms with van der Waals surface area (Å²) >= 11 is 14.0. The molecule has 1 unspecified atom stereocenters. The number of ether oxygens (including phenoxy) is 4. The molecule has 0 aliphatic heterocycles. The Labute approximate surface area is 404 Å². The summed E-state index contributed by atoms with van der Waals surface area (Å²) in [6.45, 7) is 2.01. The van der Waals surface area contributed by atoms with Crippen molar-refractivity contribution in [2.24, 2.45) is 0 Å². The van der Waals surface area contributed by atoms with Gasteiger partial charge in [0.05, 0.1) is 34.1 Å². The highest BCUT2D eigenvalue weighted by atomic mass is 127. The van der Waals surface area contributed by atoms with Crippen LogP contribution in [0.25, 0.3) is 0 Å². The first kappa shape index (κ1) is 51.7. The molecule has 0 aromatic heterocycles.